The summed E-state index contributed by atoms with van der Waals surface area (Å²) in [6.07, 6.45) is 2.31. The molecule has 0 radical (unpaired) electrons. The molecule has 286 valence electrons. The van der Waals surface area contributed by atoms with Gasteiger partial charge in [0.05, 0.1) is 30.3 Å². The van der Waals surface area contributed by atoms with Gasteiger partial charge in [0.2, 0.25) is 5.56 Å². The molecule has 3 aromatic carbocycles. The van der Waals surface area contributed by atoms with Crippen LogP contribution in [0.2, 0.25) is 18.1 Å². The molecule has 0 saturated heterocycles. The van der Waals surface area contributed by atoms with Crippen molar-refractivity contribution >= 4 is 31.3 Å². The fraction of sp³-hybridized carbons (Fsp3) is 0.452. The topological polar surface area (TPSA) is 127 Å². The number of aromatic amines is 1. The van der Waals surface area contributed by atoms with Crippen LogP contribution in [0.15, 0.2) is 83.7 Å². The smallest absolute Gasteiger partial charge is 0.410 e. The van der Waals surface area contributed by atoms with E-state index in [2.05, 4.69) is 38.8 Å². The number of aromatic nitrogens is 1. The van der Waals surface area contributed by atoms with Gasteiger partial charge in [0, 0.05) is 18.0 Å². The Hall–Kier alpha value is -4.61. The Kier molecular flexibility index (Phi) is 13.9. The molecule has 4 aromatic rings. The van der Waals surface area contributed by atoms with Gasteiger partial charge in [-0.3, -0.25) is 4.79 Å². The summed E-state index contributed by atoms with van der Waals surface area (Å²) in [6.45, 7) is 18.0. The third kappa shape index (κ3) is 12.2. The number of nitrogens with zero attached hydrogens (tertiary/aromatic N) is 1. The van der Waals surface area contributed by atoms with Crippen LogP contribution in [0.3, 0.4) is 0 Å². The average Bonchev–Trinajstić information content (AvgIpc) is 3.08. The lowest BCUT2D eigenvalue weighted by molar-refractivity contribution is 0.0153. The summed E-state index contributed by atoms with van der Waals surface area (Å²) in [5.74, 6) is 0.0926. The Balaban J connectivity index is 1.56. The van der Waals surface area contributed by atoms with Gasteiger partial charge in [-0.15, -0.1) is 0 Å². The zero-order valence-corrected chi connectivity index (χ0v) is 33.5. The van der Waals surface area contributed by atoms with E-state index in [1.807, 2.05) is 63.2 Å². The second kappa shape index (κ2) is 17.9. The molecule has 1 heterocycles. The highest BCUT2D eigenvalue weighted by Gasteiger charge is 2.41. The van der Waals surface area contributed by atoms with E-state index in [-0.39, 0.29) is 22.7 Å². The molecular formula is C42H56N2O8Si. The Morgan fingerprint density at radius 1 is 0.849 bits per heavy atom. The summed E-state index contributed by atoms with van der Waals surface area (Å²) in [6, 6.07) is 23.5. The van der Waals surface area contributed by atoms with Crippen molar-refractivity contribution in [2.45, 2.75) is 104 Å². The number of amides is 1. The first kappa shape index (κ1) is 41.1. The molecule has 4 rings (SSSR count). The van der Waals surface area contributed by atoms with E-state index in [9.17, 15) is 19.5 Å². The normalized spacial score (nSPS) is 12.7. The van der Waals surface area contributed by atoms with Crippen LogP contribution >= 0.6 is 0 Å². The first-order chi connectivity index (χ1) is 24.9. The van der Waals surface area contributed by atoms with Gasteiger partial charge in [0.25, 0.3) is 0 Å². The van der Waals surface area contributed by atoms with Gasteiger partial charge in [0.1, 0.15) is 23.7 Å². The molecule has 0 aliphatic carbocycles. The first-order valence-corrected chi connectivity index (χ1v) is 21.3. The lowest BCUT2D eigenvalue weighted by Crippen LogP contribution is -2.46. The van der Waals surface area contributed by atoms with Crippen molar-refractivity contribution in [1.29, 1.82) is 0 Å². The highest BCUT2D eigenvalue weighted by Crippen LogP contribution is 2.42. The fourth-order valence-electron chi connectivity index (χ4n) is 5.57. The van der Waals surface area contributed by atoms with Crippen molar-refractivity contribution in [2.24, 2.45) is 0 Å². The van der Waals surface area contributed by atoms with Crippen LogP contribution in [-0.2, 0) is 15.8 Å². The maximum absolute atomic E-state index is 13.8. The van der Waals surface area contributed by atoms with Crippen LogP contribution in [-0.4, -0.2) is 60.7 Å². The van der Waals surface area contributed by atoms with E-state index in [0.29, 0.717) is 36.8 Å². The summed E-state index contributed by atoms with van der Waals surface area (Å²) in [5, 5.41) is 9.92. The number of H-pyrrole nitrogens is 1. The van der Waals surface area contributed by atoms with Crippen LogP contribution in [0.25, 0.3) is 10.9 Å². The van der Waals surface area contributed by atoms with Crippen molar-refractivity contribution < 1.29 is 33.3 Å². The van der Waals surface area contributed by atoms with Crippen LogP contribution < -0.4 is 15.0 Å². The van der Waals surface area contributed by atoms with Crippen LogP contribution in [0.4, 0.5) is 4.79 Å². The highest BCUT2D eigenvalue weighted by molar-refractivity contribution is 6.74. The monoisotopic (exact) mass is 744 g/mol. The second-order valence-corrected chi connectivity index (χ2v) is 20.7. The minimum Gasteiger partial charge on any atom is -0.494 e. The summed E-state index contributed by atoms with van der Waals surface area (Å²) in [4.78, 5) is 42.5. The lowest BCUT2D eigenvalue weighted by Gasteiger charge is -2.41. The summed E-state index contributed by atoms with van der Waals surface area (Å²) in [7, 11) is -2.39. The number of unbranched alkanes of at least 4 members (excludes halogenated alkanes) is 3. The predicted octanol–water partition coefficient (Wildman–Crippen LogP) is 9.74. The maximum atomic E-state index is 13.8. The molecular weight excluding hydrogens is 689 g/mol. The van der Waals surface area contributed by atoms with Gasteiger partial charge < -0.3 is 33.6 Å². The van der Waals surface area contributed by atoms with E-state index in [1.165, 1.54) is 18.2 Å². The third-order valence-corrected chi connectivity index (χ3v) is 13.9. The van der Waals surface area contributed by atoms with Crippen LogP contribution in [0, 0.1) is 0 Å². The number of hydrogen-bond acceptors (Lipinski definition) is 7. The zero-order chi connectivity index (χ0) is 38.8. The Morgan fingerprint density at radius 3 is 2.25 bits per heavy atom. The Labute approximate surface area is 314 Å². The molecule has 1 atom stereocenters. The summed E-state index contributed by atoms with van der Waals surface area (Å²) < 4.78 is 25.1. The van der Waals surface area contributed by atoms with Gasteiger partial charge in [-0.05, 0) is 93.2 Å². The fourth-order valence-corrected chi connectivity index (χ4v) is 6.83. The van der Waals surface area contributed by atoms with Gasteiger partial charge in [-0.1, -0.05) is 76.1 Å². The van der Waals surface area contributed by atoms with Crippen molar-refractivity contribution in [2.75, 3.05) is 19.7 Å². The molecule has 0 aliphatic rings. The molecule has 1 unspecified atom stereocenters. The largest absolute Gasteiger partial charge is 0.494 e. The predicted molar refractivity (Wildman–Crippen MR) is 212 cm³/mol. The number of fused-ring (bicyclic) bond motifs is 1. The molecule has 11 heteroatoms. The lowest BCUT2D eigenvalue weighted by atomic mass is 10.0. The number of hydrogen-bond donors (Lipinski definition) is 2. The average molecular weight is 745 g/mol. The number of carbonyl (C=O) groups is 2. The molecule has 0 fully saturated rings. The molecule has 0 aliphatic heterocycles. The molecule has 53 heavy (non-hydrogen) atoms. The van der Waals surface area contributed by atoms with Gasteiger partial charge in [-0.25, -0.2) is 9.59 Å². The molecule has 1 aromatic heterocycles. The molecule has 0 spiro atoms. The standard InChI is InChI=1S/C42H56N2O8Si/c1-41(2,3)51-40(48)44(25-14-9-10-15-26-49-32-20-16-19-31(27-32)39(46)47)28-36(52-53(7,8)42(4,5)6)33-21-23-35(38-34(33)22-24-37(45)43-38)50-29-30-17-12-11-13-18-30/h11-13,16-24,27,36H,9-10,14-15,25-26,28-29H2,1-8H3,(H,43,45)(H,46,47). The zero-order valence-electron chi connectivity index (χ0n) is 32.5. The first-order valence-electron chi connectivity index (χ1n) is 18.4. The van der Waals surface area contributed by atoms with Crippen LogP contribution in [0.1, 0.15) is 94.8 Å². The quantitative estimate of drug-likeness (QED) is 0.0808. The van der Waals surface area contributed by atoms with Gasteiger partial charge >= 0.3 is 12.1 Å². The number of rotatable bonds is 17. The Bertz CT molecular complexity index is 1880. The SMILES string of the molecule is CC(C)(C)OC(=O)N(CCCCCCOc1cccc(C(=O)O)c1)CC(O[Si](C)(C)C(C)(C)C)c1ccc(OCc2ccccc2)c2[nH]c(=O)ccc12. The van der Waals surface area contributed by atoms with Crippen molar-refractivity contribution in [1.82, 2.24) is 9.88 Å². The van der Waals surface area contributed by atoms with E-state index < -0.39 is 32.1 Å². The Morgan fingerprint density at radius 2 is 1.57 bits per heavy atom. The van der Waals surface area contributed by atoms with E-state index >= 15 is 0 Å². The molecule has 2 N–H and O–H groups in total. The molecule has 10 nitrogen and oxygen atoms in total. The highest BCUT2D eigenvalue weighted by atomic mass is 28.4. The van der Waals surface area contributed by atoms with Crippen molar-refractivity contribution in [3.8, 4) is 11.5 Å². The number of pyridine rings is 1. The molecule has 0 saturated carbocycles. The molecule has 0 bridgehead atoms. The number of benzene rings is 3. The van der Waals surface area contributed by atoms with Gasteiger partial charge in [-0.2, -0.15) is 0 Å². The third-order valence-electron chi connectivity index (χ3n) is 9.43. The van der Waals surface area contributed by atoms with E-state index in [0.717, 1.165) is 42.2 Å². The van der Waals surface area contributed by atoms with Crippen molar-refractivity contribution in [3.05, 3.63) is 106 Å². The van der Waals surface area contributed by atoms with E-state index in [4.69, 9.17) is 18.6 Å². The minimum atomic E-state index is -2.39. The van der Waals surface area contributed by atoms with Crippen molar-refractivity contribution in [3.63, 3.8) is 0 Å². The number of ether oxygens (including phenoxy) is 3. The number of carboxylic acid groups (broad SMARTS) is 1. The summed E-state index contributed by atoms with van der Waals surface area (Å²) >= 11 is 0. The maximum Gasteiger partial charge on any atom is 0.410 e. The number of carbonyl (C=O) groups excluding carboxylic acids is 1. The minimum absolute atomic E-state index is 0.109. The van der Waals surface area contributed by atoms with Crippen LogP contribution in [0.5, 0.6) is 11.5 Å². The molecule has 1 amide bonds. The second-order valence-electron chi connectivity index (χ2n) is 15.9. The summed E-state index contributed by atoms with van der Waals surface area (Å²) in [5.41, 5.74) is 1.70. The number of nitrogens with one attached hydrogen (secondary N) is 1. The number of carboxylic acids is 1. The number of aromatic carboxylic acids is 1. The van der Waals surface area contributed by atoms with E-state index in [1.54, 1.807) is 23.1 Å². The van der Waals surface area contributed by atoms with Gasteiger partial charge in [0.15, 0.2) is 8.32 Å².